The summed E-state index contributed by atoms with van der Waals surface area (Å²) in [6, 6.07) is 5.76. The number of aliphatic imine (C=N–C) groups is 1. The number of guanidine groups is 1. The second kappa shape index (κ2) is 7.35. The first kappa shape index (κ1) is 16.4. The lowest BCUT2D eigenvalue weighted by Crippen LogP contribution is -2.37. The van der Waals surface area contributed by atoms with Crippen LogP contribution in [0, 0.1) is 0 Å². The number of ether oxygens (including phenoxy) is 2. The first-order valence-electron chi connectivity index (χ1n) is 6.99. The molecule has 0 fully saturated rings. The van der Waals surface area contributed by atoms with Crippen LogP contribution in [0.25, 0.3) is 0 Å². The molecule has 0 aliphatic carbocycles. The molecule has 0 saturated heterocycles. The zero-order valence-corrected chi connectivity index (χ0v) is 13.6. The van der Waals surface area contributed by atoms with E-state index in [0.29, 0.717) is 25.5 Å². The van der Waals surface area contributed by atoms with Gasteiger partial charge in [0.25, 0.3) is 0 Å². The van der Waals surface area contributed by atoms with E-state index in [1.165, 1.54) is 6.26 Å². The largest absolute Gasteiger partial charge is 0.454 e. The zero-order valence-electron chi connectivity index (χ0n) is 12.8. The number of sulfone groups is 1. The summed E-state index contributed by atoms with van der Waals surface area (Å²) in [5.41, 5.74) is 1.04. The van der Waals surface area contributed by atoms with E-state index in [1.54, 1.807) is 7.05 Å². The minimum atomic E-state index is -2.92. The fourth-order valence-electron chi connectivity index (χ4n) is 2.00. The van der Waals surface area contributed by atoms with E-state index in [2.05, 4.69) is 15.6 Å². The lowest BCUT2D eigenvalue weighted by molar-refractivity contribution is 0.174. The van der Waals surface area contributed by atoms with E-state index in [4.69, 9.17) is 9.47 Å². The van der Waals surface area contributed by atoms with E-state index in [9.17, 15) is 8.42 Å². The van der Waals surface area contributed by atoms with Crippen molar-refractivity contribution in [3.05, 3.63) is 23.8 Å². The molecule has 0 saturated carbocycles. The molecular weight excluding hydrogens is 306 g/mol. The Hall–Kier alpha value is -1.96. The smallest absolute Gasteiger partial charge is 0.231 e. The van der Waals surface area contributed by atoms with Crippen molar-refractivity contribution in [2.75, 3.05) is 32.4 Å². The number of fused-ring (bicyclic) bond motifs is 1. The second-order valence-electron chi connectivity index (χ2n) is 5.02. The maximum Gasteiger partial charge on any atom is 0.231 e. The minimum Gasteiger partial charge on any atom is -0.454 e. The van der Waals surface area contributed by atoms with Crippen LogP contribution in [0.15, 0.2) is 23.2 Å². The van der Waals surface area contributed by atoms with Gasteiger partial charge < -0.3 is 20.1 Å². The predicted octanol–water partition coefficient (Wildman–Crippen LogP) is 0.515. The third-order valence-corrected chi connectivity index (χ3v) is 4.14. The summed E-state index contributed by atoms with van der Waals surface area (Å²) in [6.07, 6.45) is 1.78. The maximum atomic E-state index is 11.1. The van der Waals surface area contributed by atoms with Crippen molar-refractivity contribution in [2.45, 2.75) is 13.0 Å². The van der Waals surface area contributed by atoms with Crippen LogP contribution >= 0.6 is 0 Å². The Balaban J connectivity index is 1.76. The molecule has 2 N–H and O–H groups in total. The molecule has 122 valence electrons. The molecule has 1 heterocycles. The van der Waals surface area contributed by atoms with Crippen LogP contribution in [0.2, 0.25) is 0 Å². The van der Waals surface area contributed by atoms with E-state index in [-0.39, 0.29) is 12.5 Å². The summed E-state index contributed by atoms with van der Waals surface area (Å²) in [4.78, 5) is 4.10. The SMILES string of the molecule is CN=C(NCCCS(C)(=O)=O)NCc1ccc2c(c1)OCO2. The van der Waals surface area contributed by atoms with Crippen LogP contribution in [0.5, 0.6) is 11.5 Å². The molecule has 0 bridgehead atoms. The minimum absolute atomic E-state index is 0.166. The van der Waals surface area contributed by atoms with E-state index < -0.39 is 9.84 Å². The summed E-state index contributed by atoms with van der Waals surface area (Å²) in [7, 11) is -1.24. The highest BCUT2D eigenvalue weighted by Crippen LogP contribution is 2.32. The Morgan fingerprint density at radius 2 is 2.05 bits per heavy atom. The van der Waals surface area contributed by atoms with Crippen LogP contribution in [-0.2, 0) is 16.4 Å². The van der Waals surface area contributed by atoms with Crippen molar-refractivity contribution in [3.8, 4) is 11.5 Å². The van der Waals surface area contributed by atoms with Crippen LogP contribution in [-0.4, -0.2) is 46.8 Å². The third-order valence-electron chi connectivity index (χ3n) is 3.10. The average molecular weight is 327 g/mol. The summed E-state index contributed by atoms with van der Waals surface area (Å²) in [5, 5.41) is 6.25. The van der Waals surface area contributed by atoms with Gasteiger partial charge in [0.15, 0.2) is 17.5 Å². The van der Waals surface area contributed by atoms with Gasteiger partial charge in [-0.1, -0.05) is 6.07 Å². The fourth-order valence-corrected chi connectivity index (χ4v) is 2.67. The van der Waals surface area contributed by atoms with Gasteiger partial charge in [-0.15, -0.1) is 0 Å². The molecule has 1 aromatic carbocycles. The van der Waals surface area contributed by atoms with Gasteiger partial charge in [0.2, 0.25) is 6.79 Å². The molecule has 0 radical (unpaired) electrons. The van der Waals surface area contributed by atoms with Crippen molar-refractivity contribution in [1.29, 1.82) is 0 Å². The molecule has 0 aromatic heterocycles. The van der Waals surface area contributed by atoms with Gasteiger partial charge in [-0.05, 0) is 24.1 Å². The van der Waals surface area contributed by atoms with Crippen LogP contribution in [0.3, 0.4) is 0 Å². The van der Waals surface area contributed by atoms with Crippen molar-refractivity contribution >= 4 is 15.8 Å². The predicted molar refractivity (Wildman–Crippen MR) is 85.1 cm³/mol. The normalized spacial score (nSPS) is 14.0. The lowest BCUT2D eigenvalue weighted by atomic mass is 10.2. The summed E-state index contributed by atoms with van der Waals surface area (Å²) >= 11 is 0. The van der Waals surface area contributed by atoms with Gasteiger partial charge in [-0.2, -0.15) is 0 Å². The van der Waals surface area contributed by atoms with E-state index in [1.807, 2.05) is 18.2 Å². The Morgan fingerprint density at radius 3 is 2.77 bits per heavy atom. The fraction of sp³-hybridized carbons (Fsp3) is 0.500. The standard InChI is InChI=1S/C14H21N3O4S/c1-15-14(16-6-3-7-22(2,18)19)17-9-11-4-5-12-13(8-11)21-10-20-12/h4-5,8H,3,6-7,9-10H2,1-2H3,(H2,15,16,17). The molecule has 0 unspecified atom stereocenters. The van der Waals surface area contributed by atoms with Gasteiger partial charge in [-0.3, -0.25) is 4.99 Å². The number of nitrogens with one attached hydrogen (secondary N) is 2. The molecule has 1 aromatic rings. The van der Waals surface area contributed by atoms with Gasteiger partial charge in [0.05, 0.1) is 5.75 Å². The van der Waals surface area contributed by atoms with Gasteiger partial charge in [0, 0.05) is 26.4 Å². The Morgan fingerprint density at radius 1 is 1.27 bits per heavy atom. The van der Waals surface area contributed by atoms with Crippen LogP contribution in [0.1, 0.15) is 12.0 Å². The molecule has 0 spiro atoms. The summed E-state index contributed by atoms with van der Waals surface area (Å²) < 4.78 is 32.7. The van der Waals surface area contributed by atoms with Crippen molar-refractivity contribution in [2.24, 2.45) is 4.99 Å². The third kappa shape index (κ3) is 5.10. The molecular formula is C14H21N3O4S. The van der Waals surface area contributed by atoms with Crippen molar-refractivity contribution in [3.63, 3.8) is 0 Å². The zero-order chi connectivity index (χ0) is 16.0. The van der Waals surface area contributed by atoms with E-state index >= 15 is 0 Å². The highest BCUT2D eigenvalue weighted by molar-refractivity contribution is 7.90. The molecule has 0 amide bonds. The highest BCUT2D eigenvalue weighted by atomic mass is 32.2. The van der Waals surface area contributed by atoms with E-state index in [0.717, 1.165) is 17.1 Å². The maximum absolute atomic E-state index is 11.1. The molecule has 0 atom stereocenters. The van der Waals surface area contributed by atoms with Gasteiger partial charge in [-0.25, -0.2) is 8.42 Å². The van der Waals surface area contributed by atoms with Crippen molar-refractivity contribution < 1.29 is 17.9 Å². The molecule has 1 aliphatic heterocycles. The first-order chi connectivity index (χ1) is 10.5. The van der Waals surface area contributed by atoms with Crippen LogP contribution < -0.4 is 20.1 Å². The molecule has 2 rings (SSSR count). The van der Waals surface area contributed by atoms with Gasteiger partial charge >= 0.3 is 0 Å². The Kier molecular flexibility index (Phi) is 5.48. The highest BCUT2D eigenvalue weighted by Gasteiger charge is 2.13. The number of benzene rings is 1. The quantitative estimate of drug-likeness (QED) is 0.450. The molecule has 1 aliphatic rings. The number of rotatable bonds is 6. The Labute approximate surface area is 130 Å². The topological polar surface area (TPSA) is 89.0 Å². The molecule has 7 nitrogen and oxygen atoms in total. The lowest BCUT2D eigenvalue weighted by Gasteiger charge is -2.12. The average Bonchev–Trinajstić information content (AvgIpc) is 2.93. The number of hydrogen-bond donors (Lipinski definition) is 2. The molecule has 8 heteroatoms. The molecule has 22 heavy (non-hydrogen) atoms. The van der Waals surface area contributed by atoms with Crippen LogP contribution in [0.4, 0.5) is 0 Å². The first-order valence-corrected chi connectivity index (χ1v) is 9.05. The second-order valence-corrected chi connectivity index (χ2v) is 7.28. The number of hydrogen-bond acceptors (Lipinski definition) is 5. The van der Waals surface area contributed by atoms with Gasteiger partial charge in [0.1, 0.15) is 9.84 Å². The van der Waals surface area contributed by atoms with Crippen molar-refractivity contribution in [1.82, 2.24) is 10.6 Å². The Bertz CT molecular complexity index is 643. The number of nitrogens with zero attached hydrogens (tertiary/aromatic N) is 1. The monoisotopic (exact) mass is 327 g/mol. The summed E-state index contributed by atoms with van der Waals surface area (Å²) in [5.74, 6) is 2.30. The summed E-state index contributed by atoms with van der Waals surface area (Å²) in [6.45, 7) is 1.39.